The van der Waals surface area contributed by atoms with E-state index in [0.717, 1.165) is 18.6 Å². The van der Waals surface area contributed by atoms with Crippen LogP contribution in [0.3, 0.4) is 0 Å². The first kappa shape index (κ1) is 22.1. The van der Waals surface area contributed by atoms with E-state index in [1.54, 1.807) is 18.7 Å². The fourth-order valence-electron chi connectivity index (χ4n) is 3.98. The minimum Gasteiger partial charge on any atom is -0.351 e. The molecule has 2 unspecified atom stereocenters. The number of nitrogens with one attached hydrogen (secondary N) is 2. The van der Waals surface area contributed by atoms with Gasteiger partial charge in [0.25, 0.3) is 5.91 Å². The fraction of sp³-hybridized carbons (Fsp3) is 0.571. The summed E-state index contributed by atoms with van der Waals surface area (Å²) in [6.45, 7) is 4.21. The number of carbonyl (C=O) groups excluding carboxylic acids is 3. The average molecular weight is 425 g/mol. The zero-order valence-corrected chi connectivity index (χ0v) is 17.0. The monoisotopic (exact) mass is 425 g/mol. The minimum absolute atomic E-state index is 0.00297. The minimum atomic E-state index is -4.49. The maximum absolute atomic E-state index is 12.9. The Labute approximate surface area is 173 Å². The molecule has 1 aromatic carbocycles. The number of halogens is 3. The summed E-state index contributed by atoms with van der Waals surface area (Å²) in [5.41, 5.74) is -0.882. The molecule has 3 amide bonds. The number of likely N-dealkylation sites (tertiary alicyclic amines) is 1. The SMILES string of the molecule is CCC(=O)NC(C)C(=O)NC1CC12CCN(C(=O)c1cccc(C(F)(F)F)c1)CC2. The lowest BCUT2D eigenvalue weighted by molar-refractivity contribution is -0.137. The highest BCUT2D eigenvalue weighted by Crippen LogP contribution is 2.54. The third kappa shape index (κ3) is 4.76. The van der Waals surface area contributed by atoms with Gasteiger partial charge in [0.1, 0.15) is 6.04 Å². The molecule has 1 aliphatic carbocycles. The van der Waals surface area contributed by atoms with Crippen LogP contribution in [-0.2, 0) is 15.8 Å². The predicted octanol–water partition coefficient (Wildman–Crippen LogP) is 2.73. The van der Waals surface area contributed by atoms with Gasteiger partial charge in [-0.2, -0.15) is 13.2 Å². The summed E-state index contributed by atoms with van der Waals surface area (Å²) in [6.07, 6.45) is -2.02. The molecule has 30 heavy (non-hydrogen) atoms. The van der Waals surface area contributed by atoms with Crippen LogP contribution in [0.1, 0.15) is 55.5 Å². The molecule has 164 valence electrons. The molecular formula is C21H26F3N3O3. The highest BCUT2D eigenvalue weighted by molar-refractivity contribution is 5.94. The summed E-state index contributed by atoms with van der Waals surface area (Å²) in [7, 11) is 0. The summed E-state index contributed by atoms with van der Waals surface area (Å²) in [6, 6.07) is 3.86. The molecule has 1 heterocycles. The second-order valence-corrected chi connectivity index (χ2v) is 8.14. The van der Waals surface area contributed by atoms with Gasteiger partial charge in [0.2, 0.25) is 11.8 Å². The molecule has 0 aromatic heterocycles. The predicted molar refractivity (Wildman–Crippen MR) is 103 cm³/mol. The van der Waals surface area contributed by atoms with Gasteiger partial charge in [-0.1, -0.05) is 13.0 Å². The van der Waals surface area contributed by atoms with E-state index >= 15 is 0 Å². The topological polar surface area (TPSA) is 78.5 Å². The number of alkyl halides is 3. The van der Waals surface area contributed by atoms with Gasteiger partial charge >= 0.3 is 6.18 Å². The lowest BCUT2D eigenvalue weighted by atomic mass is 9.92. The van der Waals surface area contributed by atoms with E-state index in [1.165, 1.54) is 12.1 Å². The Morgan fingerprint density at radius 1 is 1.23 bits per heavy atom. The van der Waals surface area contributed by atoms with Crippen LogP contribution < -0.4 is 10.6 Å². The lowest BCUT2D eigenvalue weighted by Gasteiger charge is -2.33. The van der Waals surface area contributed by atoms with Crippen molar-refractivity contribution in [3.8, 4) is 0 Å². The van der Waals surface area contributed by atoms with Crippen molar-refractivity contribution in [2.75, 3.05) is 13.1 Å². The van der Waals surface area contributed by atoms with Gasteiger partial charge in [-0.3, -0.25) is 14.4 Å². The zero-order valence-electron chi connectivity index (χ0n) is 17.0. The van der Waals surface area contributed by atoms with Crippen LogP contribution in [0.2, 0.25) is 0 Å². The number of amides is 3. The van der Waals surface area contributed by atoms with Crippen LogP contribution in [0.15, 0.2) is 24.3 Å². The molecule has 2 fully saturated rings. The Balaban J connectivity index is 1.53. The molecule has 1 spiro atoms. The number of hydrogen-bond acceptors (Lipinski definition) is 3. The van der Waals surface area contributed by atoms with E-state index in [9.17, 15) is 27.6 Å². The third-order valence-corrected chi connectivity index (χ3v) is 6.08. The van der Waals surface area contributed by atoms with Crippen molar-refractivity contribution in [1.29, 1.82) is 0 Å². The van der Waals surface area contributed by atoms with Gasteiger partial charge in [-0.15, -0.1) is 0 Å². The molecule has 2 aliphatic rings. The van der Waals surface area contributed by atoms with Crippen LogP contribution in [0.25, 0.3) is 0 Å². The van der Waals surface area contributed by atoms with Crippen molar-refractivity contribution in [3.63, 3.8) is 0 Å². The number of rotatable bonds is 5. The van der Waals surface area contributed by atoms with E-state index in [2.05, 4.69) is 10.6 Å². The molecule has 0 bridgehead atoms. The van der Waals surface area contributed by atoms with Crippen molar-refractivity contribution in [2.45, 2.75) is 57.8 Å². The normalized spacial score (nSPS) is 21.1. The summed E-state index contributed by atoms with van der Waals surface area (Å²) in [4.78, 5) is 37.9. The zero-order chi connectivity index (χ0) is 22.1. The largest absolute Gasteiger partial charge is 0.416 e. The van der Waals surface area contributed by atoms with Crippen molar-refractivity contribution in [1.82, 2.24) is 15.5 Å². The second kappa shape index (κ2) is 8.28. The Bertz CT molecular complexity index is 832. The van der Waals surface area contributed by atoms with E-state index in [-0.39, 0.29) is 28.8 Å². The highest BCUT2D eigenvalue weighted by Gasteiger charge is 2.56. The molecule has 9 heteroatoms. The molecule has 2 atom stereocenters. The number of benzene rings is 1. The Hall–Kier alpha value is -2.58. The first-order valence-corrected chi connectivity index (χ1v) is 10.1. The van der Waals surface area contributed by atoms with Gasteiger partial charge in [0.05, 0.1) is 5.56 Å². The molecule has 2 N–H and O–H groups in total. The summed E-state index contributed by atoms with van der Waals surface area (Å²) < 4.78 is 38.7. The number of piperidine rings is 1. The molecule has 1 saturated heterocycles. The fourth-order valence-corrected chi connectivity index (χ4v) is 3.98. The van der Waals surface area contributed by atoms with Crippen molar-refractivity contribution in [3.05, 3.63) is 35.4 Å². The molecule has 1 aromatic rings. The van der Waals surface area contributed by atoms with Gasteiger partial charge in [0.15, 0.2) is 0 Å². The van der Waals surface area contributed by atoms with Crippen LogP contribution in [0.5, 0.6) is 0 Å². The van der Waals surface area contributed by atoms with E-state index in [4.69, 9.17) is 0 Å². The highest BCUT2D eigenvalue weighted by atomic mass is 19.4. The number of hydrogen-bond donors (Lipinski definition) is 2. The number of nitrogens with zero attached hydrogens (tertiary/aromatic N) is 1. The van der Waals surface area contributed by atoms with Gasteiger partial charge in [-0.05, 0) is 49.8 Å². The van der Waals surface area contributed by atoms with Crippen LogP contribution in [0, 0.1) is 5.41 Å². The third-order valence-electron chi connectivity index (χ3n) is 6.08. The Morgan fingerprint density at radius 3 is 2.50 bits per heavy atom. The summed E-state index contributed by atoms with van der Waals surface area (Å²) in [5, 5.41) is 5.59. The van der Waals surface area contributed by atoms with Gasteiger partial charge in [-0.25, -0.2) is 0 Å². The Morgan fingerprint density at radius 2 is 1.90 bits per heavy atom. The number of carbonyl (C=O) groups is 3. The molecule has 1 saturated carbocycles. The van der Waals surface area contributed by atoms with Gasteiger partial charge in [0, 0.05) is 31.1 Å². The molecule has 3 rings (SSSR count). The second-order valence-electron chi connectivity index (χ2n) is 8.14. The molecular weight excluding hydrogens is 399 g/mol. The average Bonchev–Trinajstić information content (AvgIpc) is 3.37. The molecule has 0 radical (unpaired) electrons. The van der Waals surface area contributed by atoms with E-state index < -0.39 is 23.7 Å². The molecule has 6 nitrogen and oxygen atoms in total. The standard InChI is InChI=1S/C21H26F3N3O3/c1-3-17(28)25-13(2)18(29)26-16-12-20(16)7-9-27(10-8-20)19(30)14-5-4-6-15(11-14)21(22,23)24/h4-6,11,13,16H,3,7-10,12H2,1-2H3,(H,25,28)(H,26,29). The maximum atomic E-state index is 12.9. The summed E-state index contributed by atoms with van der Waals surface area (Å²) >= 11 is 0. The van der Waals surface area contributed by atoms with Crippen molar-refractivity contribution >= 4 is 17.7 Å². The van der Waals surface area contributed by atoms with E-state index in [0.29, 0.717) is 32.4 Å². The Kier molecular flexibility index (Phi) is 6.10. The van der Waals surface area contributed by atoms with E-state index in [1.807, 2.05) is 0 Å². The van der Waals surface area contributed by atoms with Crippen LogP contribution in [0.4, 0.5) is 13.2 Å². The van der Waals surface area contributed by atoms with Crippen LogP contribution >= 0.6 is 0 Å². The smallest absolute Gasteiger partial charge is 0.351 e. The van der Waals surface area contributed by atoms with Crippen LogP contribution in [-0.4, -0.2) is 47.8 Å². The summed E-state index contributed by atoms with van der Waals surface area (Å²) in [5.74, 6) is -0.834. The van der Waals surface area contributed by atoms with Crippen molar-refractivity contribution < 1.29 is 27.6 Å². The van der Waals surface area contributed by atoms with Gasteiger partial charge < -0.3 is 15.5 Å². The van der Waals surface area contributed by atoms with Crippen molar-refractivity contribution in [2.24, 2.45) is 5.41 Å². The quantitative estimate of drug-likeness (QED) is 0.762. The first-order valence-electron chi connectivity index (χ1n) is 10.1. The molecule has 1 aliphatic heterocycles. The first-order chi connectivity index (χ1) is 14.1. The lowest BCUT2D eigenvalue weighted by Crippen LogP contribution is -2.47. The maximum Gasteiger partial charge on any atom is 0.416 e.